The number of ether oxygens (including phenoxy) is 1. The quantitative estimate of drug-likeness (QED) is 0.710. The first-order chi connectivity index (χ1) is 12.5. The van der Waals surface area contributed by atoms with Gasteiger partial charge in [0, 0.05) is 5.02 Å². The van der Waals surface area contributed by atoms with Gasteiger partial charge in [0.2, 0.25) is 11.8 Å². The summed E-state index contributed by atoms with van der Waals surface area (Å²) in [6.07, 6.45) is 2.63. The van der Waals surface area contributed by atoms with Gasteiger partial charge in [-0.15, -0.1) is 0 Å². The van der Waals surface area contributed by atoms with E-state index >= 15 is 0 Å². The van der Waals surface area contributed by atoms with E-state index in [1.165, 1.54) is 4.90 Å². The molecule has 26 heavy (non-hydrogen) atoms. The molecule has 2 aromatic rings. The summed E-state index contributed by atoms with van der Waals surface area (Å²) in [5.41, 5.74) is 0.616. The molecule has 0 spiro atoms. The van der Waals surface area contributed by atoms with Gasteiger partial charge < -0.3 is 4.74 Å². The van der Waals surface area contributed by atoms with Crippen LogP contribution in [0.15, 0.2) is 48.5 Å². The molecule has 1 aliphatic carbocycles. The molecule has 1 saturated heterocycles. The molecule has 1 saturated carbocycles. The predicted octanol–water partition coefficient (Wildman–Crippen LogP) is 5.06. The molecule has 5 heteroatoms. The molecule has 0 radical (unpaired) electrons. The molecule has 0 N–H and O–H groups in total. The standard InChI is InChI=1S/C21H20ClNO3/c1-13-2-11-18-19(12-13)21(25)23(20(18)24)15-5-9-17(10-6-15)26-16-7-3-14(22)4-8-16/h3-10,13,18-19H,2,11-12H2,1H3/t13-,18-,19-/m1/s1. The number of imide groups is 1. The first-order valence-corrected chi connectivity index (χ1v) is 9.32. The van der Waals surface area contributed by atoms with Gasteiger partial charge in [-0.1, -0.05) is 18.5 Å². The first-order valence-electron chi connectivity index (χ1n) is 8.94. The van der Waals surface area contributed by atoms with Crippen LogP contribution in [0.25, 0.3) is 0 Å². The lowest BCUT2D eigenvalue weighted by atomic mass is 9.76. The average Bonchev–Trinajstić information content (AvgIpc) is 2.88. The molecular weight excluding hydrogens is 350 g/mol. The van der Waals surface area contributed by atoms with Gasteiger partial charge >= 0.3 is 0 Å². The Morgan fingerprint density at radius 2 is 1.46 bits per heavy atom. The van der Waals surface area contributed by atoms with Crippen LogP contribution in [0.1, 0.15) is 26.2 Å². The number of carbonyl (C=O) groups is 2. The highest BCUT2D eigenvalue weighted by Crippen LogP contribution is 2.42. The van der Waals surface area contributed by atoms with Crippen LogP contribution in [0, 0.1) is 17.8 Å². The van der Waals surface area contributed by atoms with Crippen molar-refractivity contribution in [1.82, 2.24) is 0 Å². The van der Waals surface area contributed by atoms with Crippen LogP contribution in [0.2, 0.25) is 5.02 Å². The monoisotopic (exact) mass is 369 g/mol. The number of nitrogens with zero attached hydrogens (tertiary/aromatic N) is 1. The van der Waals surface area contributed by atoms with Gasteiger partial charge in [0.05, 0.1) is 17.5 Å². The van der Waals surface area contributed by atoms with Gasteiger partial charge in [-0.05, 0) is 73.7 Å². The lowest BCUT2D eigenvalue weighted by Crippen LogP contribution is -2.30. The van der Waals surface area contributed by atoms with Crippen molar-refractivity contribution in [1.29, 1.82) is 0 Å². The third-order valence-corrected chi connectivity index (χ3v) is 5.58. The first kappa shape index (κ1) is 17.1. The Morgan fingerprint density at radius 3 is 2.12 bits per heavy atom. The normalized spacial score (nSPS) is 25.3. The number of fused-ring (bicyclic) bond motifs is 1. The summed E-state index contributed by atoms with van der Waals surface area (Å²) in [6, 6.07) is 14.2. The minimum Gasteiger partial charge on any atom is -0.457 e. The van der Waals surface area contributed by atoms with Crippen LogP contribution in [-0.2, 0) is 9.59 Å². The Bertz CT molecular complexity index is 831. The Kier molecular flexibility index (Phi) is 4.45. The van der Waals surface area contributed by atoms with Crippen LogP contribution >= 0.6 is 11.6 Å². The summed E-state index contributed by atoms with van der Waals surface area (Å²) in [4.78, 5) is 26.9. The number of rotatable bonds is 3. The Morgan fingerprint density at radius 1 is 0.885 bits per heavy atom. The van der Waals surface area contributed by atoms with Crippen molar-refractivity contribution in [3.05, 3.63) is 53.6 Å². The summed E-state index contributed by atoms with van der Waals surface area (Å²) in [7, 11) is 0. The van der Waals surface area contributed by atoms with E-state index < -0.39 is 0 Å². The van der Waals surface area contributed by atoms with E-state index in [9.17, 15) is 9.59 Å². The minimum atomic E-state index is -0.156. The molecule has 3 atom stereocenters. The van der Waals surface area contributed by atoms with Crippen LogP contribution < -0.4 is 9.64 Å². The second-order valence-electron chi connectivity index (χ2n) is 7.19. The Hall–Kier alpha value is -2.33. The molecule has 2 aliphatic rings. The summed E-state index contributed by atoms with van der Waals surface area (Å²) in [5, 5.41) is 0.648. The zero-order chi connectivity index (χ0) is 18.3. The van der Waals surface area contributed by atoms with Gasteiger partial charge in [-0.3, -0.25) is 14.5 Å². The third-order valence-electron chi connectivity index (χ3n) is 5.33. The highest BCUT2D eigenvalue weighted by molar-refractivity contribution is 6.30. The number of hydrogen-bond acceptors (Lipinski definition) is 3. The number of amides is 2. The fourth-order valence-electron chi connectivity index (χ4n) is 3.95. The number of anilines is 1. The van der Waals surface area contributed by atoms with E-state index in [2.05, 4.69) is 6.92 Å². The van der Waals surface area contributed by atoms with Crippen molar-refractivity contribution >= 4 is 29.1 Å². The zero-order valence-electron chi connectivity index (χ0n) is 14.5. The Balaban J connectivity index is 1.52. The molecule has 1 heterocycles. The molecule has 2 fully saturated rings. The maximum Gasteiger partial charge on any atom is 0.237 e. The van der Waals surface area contributed by atoms with Crippen LogP contribution in [0.4, 0.5) is 5.69 Å². The molecule has 134 valence electrons. The summed E-state index contributed by atoms with van der Waals surface area (Å²) in [5.74, 6) is 1.40. The fourth-order valence-corrected chi connectivity index (χ4v) is 4.07. The largest absolute Gasteiger partial charge is 0.457 e. The Labute approximate surface area is 157 Å². The number of carbonyl (C=O) groups excluding carboxylic acids is 2. The predicted molar refractivity (Wildman–Crippen MR) is 100 cm³/mol. The second kappa shape index (κ2) is 6.76. The van der Waals surface area contributed by atoms with Gasteiger partial charge in [0.15, 0.2) is 0 Å². The highest BCUT2D eigenvalue weighted by Gasteiger charge is 2.49. The summed E-state index contributed by atoms with van der Waals surface area (Å²) >= 11 is 5.87. The van der Waals surface area contributed by atoms with Crippen LogP contribution in [0.3, 0.4) is 0 Å². The zero-order valence-corrected chi connectivity index (χ0v) is 15.3. The van der Waals surface area contributed by atoms with E-state index in [1.807, 2.05) is 0 Å². The maximum atomic E-state index is 12.8. The summed E-state index contributed by atoms with van der Waals surface area (Å²) in [6.45, 7) is 2.15. The number of benzene rings is 2. The molecule has 2 amide bonds. The lowest BCUT2D eigenvalue weighted by Gasteiger charge is -2.25. The maximum absolute atomic E-state index is 12.8. The molecule has 0 bridgehead atoms. The topological polar surface area (TPSA) is 46.6 Å². The van der Waals surface area contributed by atoms with Crippen LogP contribution in [-0.4, -0.2) is 11.8 Å². The molecular formula is C21H20ClNO3. The van der Waals surface area contributed by atoms with Gasteiger partial charge in [0.25, 0.3) is 0 Å². The van der Waals surface area contributed by atoms with Gasteiger partial charge in [0.1, 0.15) is 11.5 Å². The third kappa shape index (κ3) is 3.10. The smallest absolute Gasteiger partial charge is 0.237 e. The van der Waals surface area contributed by atoms with Gasteiger partial charge in [-0.25, -0.2) is 0 Å². The lowest BCUT2D eigenvalue weighted by molar-refractivity contribution is -0.122. The van der Waals surface area contributed by atoms with Crippen molar-refractivity contribution in [2.24, 2.45) is 17.8 Å². The van der Waals surface area contributed by atoms with Crippen molar-refractivity contribution in [2.75, 3.05) is 4.90 Å². The van der Waals surface area contributed by atoms with E-state index in [4.69, 9.17) is 16.3 Å². The van der Waals surface area contributed by atoms with Crippen molar-refractivity contribution in [3.63, 3.8) is 0 Å². The van der Waals surface area contributed by atoms with E-state index in [1.54, 1.807) is 48.5 Å². The molecule has 2 aromatic carbocycles. The minimum absolute atomic E-state index is 0.0572. The highest BCUT2D eigenvalue weighted by atomic mass is 35.5. The fraction of sp³-hybridized carbons (Fsp3) is 0.333. The van der Waals surface area contributed by atoms with Crippen molar-refractivity contribution in [2.45, 2.75) is 26.2 Å². The molecule has 0 unspecified atom stereocenters. The van der Waals surface area contributed by atoms with Gasteiger partial charge in [-0.2, -0.15) is 0 Å². The average molecular weight is 370 g/mol. The van der Waals surface area contributed by atoms with E-state index in [0.717, 1.165) is 19.3 Å². The number of halogens is 1. The summed E-state index contributed by atoms with van der Waals surface area (Å²) < 4.78 is 5.77. The van der Waals surface area contributed by atoms with Crippen molar-refractivity contribution < 1.29 is 14.3 Å². The SMILES string of the molecule is C[C@@H]1CC[C@H]2C(=O)N(c3ccc(Oc4ccc(Cl)cc4)cc3)C(=O)[C@@H]2C1. The van der Waals surface area contributed by atoms with E-state index in [0.29, 0.717) is 28.1 Å². The number of hydrogen-bond donors (Lipinski definition) is 0. The van der Waals surface area contributed by atoms with Crippen LogP contribution in [0.5, 0.6) is 11.5 Å². The van der Waals surface area contributed by atoms with E-state index in [-0.39, 0.29) is 23.7 Å². The second-order valence-corrected chi connectivity index (χ2v) is 7.63. The molecule has 0 aromatic heterocycles. The molecule has 4 nitrogen and oxygen atoms in total. The van der Waals surface area contributed by atoms with Crippen molar-refractivity contribution in [3.8, 4) is 11.5 Å². The molecule has 4 rings (SSSR count). The molecule has 1 aliphatic heterocycles.